The maximum absolute atomic E-state index is 12.5. The van der Waals surface area contributed by atoms with Crippen molar-refractivity contribution in [2.24, 2.45) is 0 Å². The van der Waals surface area contributed by atoms with Gasteiger partial charge in [-0.05, 0) is 35.8 Å². The van der Waals surface area contributed by atoms with E-state index in [-0.39, 0.29) is 12.3 Å². The van der Waals surface area contributed by atoms with E-state index in [1.807, 2.05) is 57.8 Å². The van der Waals surface area contributed by atoms with E-state index < -0.39 is 0 Å². The molecule has 30 heavy (non-hydrogen) atoms. The highest BCUT2D eigenvalue weighted by atomic mass is 32.1. The smallest absolute Gasteiger partial charge is 0.227 e. The molecule has 0 aliphatic rings. The molecule has 1 aromatic carbocycles. The molecule has 10 heteroatoms. The van der Waals surface area contributed by atoms with Crippen LogP contribution in [0.3, 0.4) is 0 Å². The van der Waals surface area contributed by atoms with Gasteiger partial charge >= 0.3 is 0 Å². The van der Waals surface area contributed by atoms with Crippen molar-refractivity contribution in [1.29, 1.82) is 0 Å². The Bertz CT molecular complexity index is 1340. The largest absolute Gasteiger partial charge is 0.454 e. The second-order valence-corrected chi connectivity index (χ2v) is 8.66. The molecule has 7 nitrogen and oxygen atoms in total. The number of carbonyl (C=O) groups excluding carboxylic acids is 1. The molecule has 0 unspecified atom stereocenters. The zero-order valence-corrected chi connectivity index (χ0v) is 17.9. The number of fused-ring (bicyclic) bond motifs is 1. The van der Waals surface area contributed by atoms with Crippen LogP contribution in [0, 0.1) is 4.77 Å². The Morgan fingerprint density at radius 1 is 1.23 bits per heavy atom. The molecule has 0 atom stereocenters. The molecule has 0 spiro atoms. The zero-order chi connectivity index (χ0) is 20.5. The summed E-state index contributed by atoms with van der Waals surface area (Å²) in [6.07, 6.45) is 0.256. The van der Waals surface area contributed by atoms with Crippen molar-refractivity contribution < 1.29 is 9.21 Å². The van der Waals surface area contributed by atoms with Crippen LogP contribution in [0.15, 0.2) is 57.6 Å². The van der Waals surface area contributed by atoms with Gasteiger partial charge in [-0.3, -0.25) is 14.5 Å². The lowest BCUT2D eigenvalue weighted by Crippen LogP contribution is -2.14. The number of nitrogens with zero attached hydrogens (tertiary/aromatic N) is 3. The van der Waals surface area contributed by atoms with Crippen LogP contribution in [-0.2, 0) is 11.3 Å². The average Bonchev–Trinajstić information content (AvgIpc) is 3.52. The van der Waals surface area contributed by atoms with E-state index >= 15 is 0 Å². The van der Waals surface area contributed by atoms with Crippen molar-refractivity contribution in [2.45, 2.75) is 13.0 Å². The highest BCUT2D eigenvalue weighted by Crippen LogP contribution is 2.30. The molecule has 0 fully saturated rings. The Balaban J connectivity index is 1.26. The maximum atomic E-state index is 12.5. The minimum atomic E-state index is -0.138. The van der Waals surface area contributed by atoms with Gasteiger partial charge in [0.15, 0.2) is 21.5 Å². The number of thiophene rings is 1. The Morgan fingerprint density at radius 3 is 2.97 bits per heavy atom. The number of para-hydroxylation sites is 1. The summed E-state index contributed by atoms with van der Waals surface area (Å²) < 4.78 is 8.17. The highest BCUT2D eigenvalue weighted by molar-refractivity contribution is 7.71. The molecule has 0 saturated carbocycles. The number of H-pyrrole nitrogens is 1. The van der Waals surface area contributed by atoms with Crippen LogP contribution < -0.4 is 5.32 Å². The number of amides is 1. The van der Waals surface area contributed by atoms with Gasteiger partial charge in [-0.25, -0.2) is 4.98 Å². The fourth-order valence-corrected chi connectivity index (χ4v) is 4.73. The number of hydrogen-bond acceptors (Lipinski definition) is 7. The SMILES string of the molecule is O=C(CCn1c(-c2cccs2)n[nH]c1=S)Nc1nc(-c2cc3ccccc3o2)cs1. The molecule has 0 aliphatic carbocycles. The predicted molar refractivity (Wildman–Crippen MR) is 121 cm³/mol. The lowest BCUT2D eigenvalue weighted by molar-refractivity contribution is -0.116. The molecule has 4 heterocycles. The third kappa shape index (κ3) is 3.72. The van der Waals surface area contributed by atoms with E-state index in [2.05, 4.69) is 20.5 Å². The van der Waals surface area contributed by atoms with Crippen LogP contribution in [0.4, 0.5) is 5.13 Å². The number of rotatable bonds is 6. The van der Waals surface area contributed by atoms with Crippen molar-refractivity contribution in [3.63, 3.8) is 0 Å². The molecular formula is C20H15N5O2S3. The van der Waals surface area contributed by atoms with Gasteiger partial charge in [0, 0.05) is 23.7 Å². The van der Waals surface area contributed by atoms with E-state index in [1.165, 1.54) is 11.3 Å². The number of aromatic amines is 1. The minimum absolute atomic E-state index is 0.138. The Kier molecular flexibility index (Phi) is 5.03. The fraction of sp³-hybridized carbons (Fsp3) is 0.100. The highest BCUT2D eigenvalue weighted by Gasteiger charge is 2.14. The molecule has 5 aromatic rings. The summed E-state index contributed by atoms with van der Waals surface area (Å²) in [6.45, 7) is 0.427. The van der Waals surface area contributed by atoms with Gasteiger partial charge in [0.2, 0.25) is 5.91 Å². The third-order valence-electron chi connectivity index (χ3n) is 4.49. The number of benzene rings is 1. The first kappa shape index (κ1) is 18.9. The van der Waals surface area contributed by atoms with E-state index in [4.69, 9.17) is 16.6 Å². The first-order valence-electron chi connectivity index (χ1n) is 9.11. The van der Waals surface area contributed by atoms with Crippen molar-refractivity contribution in [1.82, 2.24) is 19.7 Å². The van der Waals surface area contributed by atoms with Gasteiger partial charge in [-0.2, -0.15) is 5.10 Å². The van der Waals surface area contributed by atoms with Gasteiger partial charge in [0.25, 0.3) is 0 Å². The first-order chi connectivity index (χ1) is 14.7. The average molecular weight is 454 g/mol. The number of hydrogen-bond donors (Lipinski definition) is 2. The number of thiazole rings is 1. The first-order valence-corrected chi connectivity index (χ1v) is 11.3. The minimum Gasteiger partial charge on any atom is -0.454 e. The molecule has 0 bridgehead atoms. The summed E-state index contributed by atoms with van der Waals surface area (Å²) in [7, 11) is 0. The molecule has 0 aliphatic heterocycles. The summed E-state index contributed by atoms with van der Waals surface area (Å²) in [5, 5.41) is 15.3. The molecule has 5 rings (SSSR count). The van der Waals surface area contributed by atoms with Crippen LogP contribution in [0.25, 0.3) is 33.1 Å². The van der Waals surface area contributed by atoms with Crippen molar-refractivity contribution in [3.05, 3.63) is 58.0 Å². The van der Waals surface area contributed by atoms with Gasteiger partial charge < -0.3 is 9.73 Å². The monoisotopic (exact) mass is 453 g/mol. The second kappa shape index (κ2) is 7.98. The summed E-state index contributed by atoms with van der Waals surface area (Å²) in [5.74, 6) is 1.28. The van der Waals surface area contributed by atoms with Crippen LogP contribution in [0.2, 0.25) is 0 Å². The number of aromatic nitrogens is 4. The zero-order valence-electron chi connectivity index (χ0n) is 15.5. The number of carbonyl (C=O) groups is 1. The quantitative estimate of drug-likeness (QED) is 0.328. The van der Waals surface area contributed by atoms with Crippen LogP contribution in [-0.4, -0.2) is 25.7 Å². The van der Waals surface area contributed by atoms with E-state index in [9.17, 15) is 4.79 Å². The summed E-state index contributed by atoms with van der Waals surface area (Å²) in [5.41, 5.74) is 1.51. The normalized spacial score (nSPS) is 11.2. The van der Waals surface area contributed by atoms with Crippen LogP contribution >= 0.6 is 34.9 Å². The predicted octanol–water partition coefficient (Wildman–Crippen LogP) is 5.57. The summed E-state index contributed by atoms with van der Waals surface area (Å²) >= 11 is 8.25. The van der Waals surface area contributed by atoms with Gasteiger partial charge in [-0.1, -0.05) is 24.3 Å². The van der Waals surface area contributed by atoms with E-state index in [0.717, 1.165) is 21.7 Å². The standard InChI is InChI=1S/C20H15N5O2S3/c26-17(7-8-25-18(23-24-20(25)28)16-6-3-9-29-16)22-19-21-13(11-30-19)15-10-12-4-1-2-5-14(12)27-15/h1-6,9-11H,7-8H2,(H,24,28)(H,21,22,26). The molecular weight excluding hydrogens is 438 g/mol. The van der Waals surface area contributed by atoms with Crippen molar-refractivity contribution in [2.75, 3.05) is 5.32 Å². The molecule has 150 valence electrons. The fourth-order valence-electron chi connectivity index (χ4n) is 3.07. The summed E-state index contributed by atoms with van der Waals surface area (Å²) in [6, 6.07) is 13.7. The van der Waals surface area contributed by atoms with E-state index in [1.54, 1.807) is 11.3 Å². The van der Waals surface area contributed by atoms with Crippen LogP contribution in [0.1, 0.15) is 6.42 Å². The number of furan rings is 1. The molecule has 1 amide bonds. The molecule has 2 N–H and O–H groups in total. The Labute approximate surface area is 184 Å². The van der Waals surface area contributed by atoms with Crippen molar-refractivity contribution >= 4 is 56.9 Å². The Hall–Kier alpha value is -3.08. The van der Waals surface area contributed by atoms with Crippen molar-refractivity contribution in [3.8, 4) is 22.2 Å². The number of nitrogens with one attached hydrogen (secondary N) is 2. The van der Waals surface area contributed by atoms with Gasteiger partial charge in [0.1, 0.15) is 11.3 Å². The second-order valence-electron chi connectivity index (χ2n) is 6.47. The Morgan fingerprint density at radius 2 is 2.13 bits per heavy atom. The molecule has 4 aromatic heterocycles. The molecule has 0 saturated heterocycles. The van der Waals surface area contributed by atoms with E-state index in [0.29, 0.717) is 27.9 Å². The van der Waals surface area contributed by atoms with Crippen LogP contribution in [0.5, 0.6) is 0 Å². The van der Waals surface area contributed by atoms with Gasteiger partial charge in [0.05, 0.1) is 4.88 Å². The lowest BCUT2D eigenvalue weighted by atomic mass is 10.2. The molecule has 0 radical (unpaired) electrons. The maximum Gasteiger partial charge on any atom is 0.227 e. The topological polar surface area (TPSA) is 88.7 Å². The lowest BCUT2D eigenvalue weighted by Gasteiger charge is -2.05. The summed E-state index contributed by atoms with van der Waals surface area (Å²) in [4.78, 5) is 17.9. The third-order valence-corrected chi connectivity index (χ3v) is 6.43. The van der Waals surface area contributed by atoms with Gasteiger partial charge in [-0.15, -0.1) is 22.7 Å². The number of anilines is 1.